The van der Waals surface area contributed by atoms with Crippen molar-refractivity contribution in [1.29, 1.82) is 0 Å². The summed E-state index contributed by atoms with van der Waals surface area (Å²) in [5.41, 5.74) is 3.26. The van der Waals surface area contributed by atoms with Crippen LogP contribution in [0.25, 0.3) is 11.0 Å². The van der Waals surface area contributed by atoms with Gasteiger partial charge in [-0.15, -0.1) is 0 Å². The molecule has 1 aromatic carbocycles. The fourth-order valence-electron chi connectivity index (χ4n) is 4.16. The summed E-state index contributed by atoms with van der Waals surface area (Å²) < 4.78 is 12.8. The van der Waals surface area contributed by atoms with E-state index in [2.05, 4.69) is 10.6 Å². The monoisotopic (exact) mass is 464 g/mol. The van der Waals surface area contributed by atoms with Gasteiger partial charge >= 0.3 is 5.97 Å². The number of carbonyl (C=O) groups is 2. The van der Waals surface area contributed by atoms with Gasteiger partial charge in [0.25, 0.3) is 0 Å². The molecule has 0 spiro atoms. The van der Waals surface area contributed by atoms with E-state index in [1.807, 2.05) is 54.8 Å². The number of benzene rings is 1. The van der Waals surface area contributed by atoms with Crippen LogP contribution >= 0.6 is 0 Å². The molecular formula is C26H32N4O4. The molecule has 0 saturated carbocycles. The first-order valence-corrected chi connectivity index (χ1v) is 11.8. The first-order valence-electron chi connectivity index (χ1n) is 11.8. The van der Waals surface area contributed by atoms with Gasteiger partial charge in [-0.25, -0.2) is 9.78 Å². The van der Waals surface area contributed by atoms with E-state index in [0.29, 0.717) is 42.8 Å². The molecule has 180 valence electrons. The fraction of sp³-hybridized carbons (Fsp3) is 0.423. The highest BCUT2D eigenvalue weighted by molar-refractivity contribution is 6.11. The number of hydrogen-bond donors (Lipinski definition) is 2. The van der Waals surface area contributed by atoms with Gasteiger partial charge in [-0.3, -0.25) is 4.79 Å². The molecule has 0 radical (unpaired) electrons. The molecule has 1 aliphatic heterocycles. The number of aromatic nitrogens is 2. The highest BCUT2D eigenvalue weighted by Crippen LogP contribution is 2.34. The first kappa shape index (κ1) is 23.8. The fourth-order valence-corrected chi connectivity index (χ4v) is 4.16. The third-order valence-electron chi connectivity index (χ3n) is 6.33. The Hall–Kier alpha value is -3.39. The van der Waals surface area contributed by atoms with E-state index in [4.69, 9.17) is 14.5 Å². The van der Waals surface area contributed by atoms with Gasteiger partial charge in [0.15, 0.2) is 5.69 Å². The number of methoxy groups -OCH3 is 1. The summed E-state index contributed by atoms with van der Waals surface area (Å²) in [4.78, 5) is 30.5. The zero-order chi connectivity index (χ0) is 24.1. The average Bonchev–Trinajstić information content (AvgIpc) is 3.49. The normalized spacial score (nSPS) is 16.4. The van der Waals surface area contributed by atoms with Gasteiger partial charge in [0, 0.05) is 24.5 Å². The van der Waals surface area contributed by atoms with Crippen molar-refractivity contribution in [3.05, 3.63) is 53.9 Å². The smallest absolute Gasteiger partial charge is 0.356 e. The lowest BCUT2D eigenvalue weighted by Gasteiger charge is -2.15. The molecule has 3 heterocycles. The molecule has 3 aromatic rings. The van der Waals surface area contributed by atoms with Gasteiger partial charge < -0.3 is 24.7 Å². The van der Waals surface area contributed by atoms with Crippen LogP contribution in [-0.2, 0) is 27.4 Å². The van der Waals surface area contributed by atoms with Crippen LogP contribution in [0, 0.1) is 5.92 Å². The van der Waals surface area contributed by atoms with E-state index in [0.717, 1.165) is 24.1 Å². The van der Waals surface area contributed by atoms with Gasteiger partial charge in [-0.2, -0.15) is 0 Å². The van der Waals surface area contributed by atoms with Crippen molar-refractivity contribution in [2.45, 2.75) is 52.3 Å². The van der Waals surface area contributed by atoms with Crippen molar-refractivity contribution in [2.75, 3.05) is 24.4 Å². The predicted molar refractivity (Wildman–Crippen MR) is 132 cm³/mol. The third-order valence-corrected chi connectivity index (χ3v) is 6.33. The molecule has 1 saturated heterocycles. The van der Waals surface area contributed by atoms with Crippen molar-refractivity contribution < 1.29 is 19.1 Å². The molecule has 0 bridgehead atoms. The Bertz CT molecular complexity index is 1150. The van der Waals surface area contributed by atoms with Crippen LogP contribution in [0.1, 0.15) is 49.2 Å². The number of rotatable bonds is 9. The molecule has 2 N–H and O–H groups in total. The molecule has 1 aliphatic rings. The standard InChI is InChI=1S/C26H32N4O4/c1-4-17(2)25(31)29-22-21-13-19(27-14-18-9-6-5-7-10-18)15-28-24(21)30(23(22)26(32)33-3)16-20-11-8-12-34-20/h5-7,9-10,13,15,17,20,27H,4,8,11-12,14,16H2,1-3H3,(H,29,31)/t17-,20-/m1/s1. The molecule has 34 heavy (non-hydrogen) atoms. The Balaban J connectivity index is 1.77. The number of amides is 1. The maximum absolute atomic E-state index is 12.9. The lowest BCUT2D eigenvalue weighted by atomic mass is 10.1. The molecule has 1 amide bonds. The van der Waals surface area contributed by atoms with Crippen molar-refractivity contribution in [1.82, 2.24) is 9.55 Å². The summed E-state index contributed by atoms with van der Waals surface area (Å²) in [7, 11) is 1.34. The van der Waals surface area contributed by atoms with E-state index in [1.165, 1.54) is 7.11 Å². The maximum atomic E-state index is 12.9. The SMILES string of the molecule is CC[C@@H](C)C(=O)Nc1c(C(=O)OC)n(C[C@H]2CCCO2)c2ncc(NCc3ccccc3)cc12. The third kappa shape index (κ3) is 5.07. The highest BCUT2D eigenvalue weighted by Gasteiger charge is 2.29. The number of carbonyl (C=O) groups excluding carboxylic acids is 2. The Morgan fingerprint density at radius 1 is 1.29 bits per heavy atom. The van der Waals surface area contributed by atoms with Gasteiger partial charge in [0.05, 0.1) is 37.3 Å². The number of hydrogen-bond acceptors (Lipinski definition) is 6. The zero-order valence-electron chi connectivity index (χ0n) is 20.0. The molecular weight excluding hydrogens is 432 g/mol. The first-order chi connectivity index (χ1) is 16.5. The van der Waals surface area contributed by atoms with Crippen LogP contribution in [0.3, 0.4) is 0 Å². The van der Waals surface area contributed by atoms with Gasteiger partial charge in [0.1, 0.15) is 5.65 Å². The summed E-state index contributed by atoms with van der Waals surface area (Å²) in [6.45, 7) is 5.62. The van der Waals surface area contributed by atoms with Crippen LogP contribution in [0.5, 0.6) is 0 Å². The number of nitrogens with one attached hydrogen (secondary N) is 2. The second-order valence-electron chi connectivity index (χ2n) is 8.69. The van der Waals surface area contributed by atoms with Crippen LogP contribution in [0.4, 0.5) is 11.4 Å². The van der Waals surface area contributed by atoms with Crippen LogP contribution < -0.4 is 10.6 Å². The minimum atomic E-state index is -0.519. The Morgan fingerprint density at radius 3 is 2.76 bits per heavy atom. The quantitative estimate of drug-likeness (QED) is 0.450. The number of esters is 1. The van der Waals surface area contributed by atoms with E-state index >= 15 is 0 Å². The Kier molecular flexibility index (Phi) is 7.47. The molecule has 2 atom stereocenters. The van der Waals surface area contributed by atoms with Crippen molar-refractivity contribution in [3.63, 3.8) is 0 Å². The minimum absolute atomic E-state index is 0.0187. The lowest BCUT2D eigenvalue weighted by molar-refractivity contribution is -0.119. The minimum Gasteiger partial charge on any atom is -0.464 e. The number of fused-ring (bicyclic) bond motifs is 1. The number of ether oxygens (including phenoxy) is 2. The van der Waals surface area contributed by atoms with Crippen LogP contribution in [0.2, 0.25) is 0 Å². The second kappa shape index (κ2) is 10.7. The summed E-state index contributed by atoms with van der Waals surface area (Å²) in [6.07, 6.45) is 4.31. The number of anilines is 2. The molecule has 2 aromatic heterocycles. The second-order valence-corrected chi connectivity index (χ2v) is 8.69. The summed E-state index contributed by atoms with van der Waals surface area (Å²) >= 11 is 0. The Labute approximate surface area is 199 Å². The zero-order valence-corrected chi connectivity index (χ0v) is 20.0. The molecule has 8 nitrogen and oxygen atoms in total. The summed E-state index contributed by atoms with van der Waals surface area (Å²) in [6, 6.07) is 12.0. The molecule has 1 fully saturated rings. The van der Waals surface area contributed by atoms with Crippen molar-refractivity contribution in [3.8, 4) is 0 Å². The largest absolute Gasteiger partial charge is 0.464 e. The maximum Gasteiger partial charge on any atom is 0.356 e. The summed E-state index contributed by atoms with van der Waals surface area (Å²) in [5.74, 6) is -0.866. The Morgan fingerprint density at radius 2 is 2.09 bits per heavy atom. The number of nitrogens with zero attached hydrogens (tertiary/aromatic N) is 2. The van der Waals surface area contributed by atoms with Gasteiger partial charge in [-0.05, 0) is 30.9 Å². The van der Waals surface area contributed by atoms with E-state index in [9.17, 15) is 9.59 Å². The van der Waals surface area contributed by atoms with E-state index in [-0.39, 0.29) is 23.6 Å². The lowest BCUT2D eigenvalue weighted by Crippen LogP contribution is -2.23. The van der Waals surface area contributed by atoms with Gasteiger partial charge in [0.2, 0.25) is 5.91 Å². The molecule has 0 aliphatic carbocycles. The van der Waals surface area contributed by atoms with Crippen molar-refractivity contribution in [2.24, 2.45) is 5.92 Å². The van der Waals surface area contributed by atoms with E-state index in [1.54, 1.807) is 6.20 Å². The molecule has 0 unspecified atom stereocenters. The van der Waals surface area contributed by atoms with Crippen molar-refractivity contribution >= 4 is 34.3 Å². The molecule has 8 heteroatoms. The van der Waals surface area contributed by atoms with Gasteiger partial charge in [-0.1, -0.05) is 44.2 Å². The topological polar surface area (TPSA) is 94.5 Å². The molecule has 4 rings (SSSR count). The number of pyridine rings is 1. The van der Waals surface area contributed by atoms with Crippen LogP contribution in [-0.4, -0.2) is 41.2 Å². The predicted octanol–water partition coefficient (Wildman–Crippen LogP) is 4.60. The van der Waals surface area contributed by atoms with Crippen LogP contribution in [0.15, 0.2) is 42.6 Å². The highest BCUT2D eigenvalue weighted by atomic mass is 16.5. The summed E-state index contributed by atoms with van der Waals surface area (Å²) in [5, 5.41) is 7.07. The average molecular weight is 465 g/mol. The van der Waals surface area contributed by atoms with E-state index < -0.39 is 5.97 Å².